The molecule has 0 aromatic rings. The van der Waals surface area contributed by atoms with E-state index in [-0.39, 0.29) is 6.79 Å². The number of hydrogen-bond acceptors (Lipinski definition) is 5. The van der Waals surface area contributed by atoms with Crippen LogP contribution in [0.15, 0.2) is 0 Å². The third kappa shape index (κ3) is 8.20. The Hall–Kier alpha value is 0.0169. The molecule has 6 heteroatoms. The van der Waals surface area contributed by atoms with E-state index in [4.69, 9.17) is 22.8 Å². The Kier molecular flexibility index (Phi) is 10.2. The molecule has 0 aliphatic heterocycles. The van der Waals surface area contributed by atoms with Crippen LogP contribution >= 0.6 is 0 Å². The Bertz CT molecular complexity index is 152. The molecule has 0 N–H and O–H groups in total. The van der Waals surface area contributed by atoms with Gasteiger partial charge in [-0.05, 0) is 6.42 Å². The van der Waals surface area contributed by atoms with Crippen molar-refractivity contribution < 1.29 is 22.8 Å². The van der Waals surface area contributed by atoms with Crippen LogP contribution in [0.4, 0.5) is 0 Å². The first kappa shape index (κ1) is 16.0. The lowest BCUT2D eigenvalue weighted by Crippen LogP contribution is -2.40. The molecule has 0 saturated carbocycles. The Morgan fingerprint density at radius 3 is 2.12 bits per heavy atom. The summed E-state index contributed by atoms with van der Waals surface area (Å²) in [5, 5.41) is 0. The van der Waals surface area contributed by atoms with Gasteiger partial charge in [-0.3, -0.25) is 0 Å². The van der Waals surface area contributed by atoms with E-state index < -0.39 is 8.80 Å². The quantitative estimate of drug-likeness (QED) is 0.318. The second kappa shape index (κ2) is 10.2. The van der Waals surface area contributed by atoms with Crippen LogP contribution in [0, 0.1) is 0 Å². The first-order valence-corrected chi connectivity index (χ1v) is 7.80. The van der Waals surface area contributed by atoms with Gasteiger partial charge in [0.25, 0.3) is 0 Å². The smallest absolute Gasteiger partial charge is 0.379 e. The van der Waals surface area contributed by atoms with Crippen molar-refractivity contribution in [1.29, 1.82) is 0 Å². The van der Waals surface area contributed by atoms with Crippen molar-refractivity contribution in [2.24, 2.45) is 0 Å². The molecule has 0 fully saturated rings. The zero-order chi connectivity index (χ0) is 12.3. The molecule has 0 aliphatic carbocycles. The van der Waals surface area contributed by atoms with Gasteiger partial charge in [0.1, 0.15) is 6.79 Å². The average Bonchev–Trinajstić information content (AvgIpc) is 2.32. The van der Waals surface area contributed by atoms with Crippen LogP contribution < -0.4 is 0 Å². The van der Waals surface area contributed by atoms with Crippen LogP contribution in [-0.2, 0) is 22.8 Å². The fourth-order valence-electron chi connectivity index (χ4n) is 0.875. The molecule has 0 aromatic carbocycles. The van der Waals surface area contributed by atoms with E-state index in [0.717, 1.165) is 19.4 Å². The zero-order valence-electron chi connectivity index (χ0n) is 10.8. The number of hydrogen-bond donors (Lipinski definition) is 0. The van der Waals surface area contributed by atoms with E-state index in [9.17, 15) is 0 Å². The second-order valence-electron chi connectivity index (χ2n) is 3.41. The summed E-state index contributed by atoms with van der Waals surface area (Å²) in [6, 6.07) is 0. The van der Waals surface area contributed by atoms with E-state index >= 15 is 0 Å². The lowest BCUT2D eigenvalue weighted by Gasteiger charge is -2.21. The van der Waals surface area contributed by atoms with Crippen LogP contribution in [0.1, 0.15) is 19.8 Å². The lowest BCUT2D eigenvalue weighted by atomic mass is 10.4. The Morgan fingerprint density at radius 1 is 0.938 bits per heavy atom. The largest absolute Gasteiger partial charge is 0.498 e. The van der Waals surface area contributed by atoms with E-state index in [2.05, 4.69) is 6.92 Å². The molecule has 0 saturated heterocycles. The first-order valence-electron chi connectivity index (χ1n) is 5.58. The highest BCUT2D eigenvalue weighted by Crippen LogP contribution is 2.05. The highest BCUT2D eigenvalue weighted by Gasteiger charge is 2.31. The molecule has 0 unspecified atom stereocenters. The molecule has 0 heterocycles. The first-order chi connectivity index (χ1) is 7.68. The molecular weight excluding hydrogens is 228 g/mol. The van der Waals surface area contributed by atoms with Crippen LogP contribution in [0.2, 0.25) is 6.55 Å². The normalized spacial score (nSPS) is 12.0. The maximum absolute atomic E-state index is 5.37. The zero-order valence-corrected chi connectivity index (χ0v) is 11.8. The molecule has 0 spiro atoms. The van der Waals surface area contributed by atoms with Crippen molar-refractivity contribution in [3.63, 3.8) is 0 Å². The number of ether oxygens (including phenoxy) is 2. The van der Waals surface area contributed by atoms with Crippen molar-refractivity contribution in [3.8, 4) is 0 Å². The van der Waals surface area contributed by atoms with E-state index in [1.165, 1.54) is 0 Å². The van der Waals surface area contributed by atoms with Gasteiger partial charge in [0.2, 0.25) is 0 Å². The average molecular weight is 252 g/mol. The van der Waals surface area contributed by atoms with E-state index in [0.29, 0.717) is 13.2 Å². The van der Waals surface area contributed by atoms with Gasteiger partial charge in [-0.1, -0.05) is 13.3 Å². The summed E-state index contributed by atoms with van der Waals surface area (Å²) in [5.74, 6) is 0. The monoisotopic (exact) mass is 252 g/mol. The van der Waals surface area contributed by atoms with Gasteiger partial charge >= 0.3 is 8.80 Å². The standard InChI is InChI=1S/C10H24O5Si/c1-5-6-7-13-8-9-14-10-15-16(4,11-2)12-3/h5-10H2,1-4H3. The third-order valence-electron chi connectivity index (χ3n) is 2.16. The number of unbranched alkanes of at least 4 members (excludes halogenated alkanes) is 1. The predicted octanol–water partition coefficient (Wildman–Crippen LogP) is 1.66. The molecule has 16 heavy (non-hydrogen) atoms. The minimum atomic E-state index is -2.44. The van der Waals surface area contributed by atoms with Gasteiger partial charge in [-0.15, -0.1) is 0 Å². The Morgan fingerprint density at radius 2 is 1.56 bits per heavy atom. The lowest BCUT2D eigenvalue weighted by molar-refractivity contribution is -0.0485. The molecule has 0 rings (SSSR count). The molecule has 0 aliphatic rings. The summed E-state index contributed by atoms with van der Waals surface area (Å²) in [7, 11) is 0.702. The fraction of sp³-hybridized carbons (Fsp3) is 1.00. The second-order valence-corrected chi connectivity index (χ2v) is 6.24. The predicted molar refractivity (Wildman–Crippen MR) is 63.3 cm³/mol. The van der Waals surface area contributed by atoms with E-state index in [1.807, 2.05) is 6.55 Å². The van der Waals surface area contributed by atoms with E-state index in [1.54, 1.807) is 14.2 Å². The van der Waals surface area contributed by atoms with Crippen molar-refractivity contribution in [3.05, 3.63) is 0 Å². The summed E-state index contributed by atoms with van der Waals surface area (Å²) < 4.78 is 26.2. The summed E-state index contributed by atoms with van der Waals surface area (Å²) in [6.45, 7) is 6.05. The van der Waals surface area contributed by atoms with Crippen LogP contribution in [-0.4, -0.2) is 49.6 Å². The minimum absolute atomic E-state index is 0.182. The summed E-state index contributed by atoms with van der Waals surface area (Å²) >= 11 is 0. The van der Waals surface area contributed by atoms with Crippen LogP contribution in [0.25, 0.3) is 0 Å². The van der Waals surface area contributed by atoms with Gasteiger partial charge in [-0.25, -0.2) is 0 Å². The van der Waals surface area contributed by atoms with Gasteiger partial charge in [0.15, 0.2) is 0 Å². The molecule has 0 atom stereocenters. The van der Waals surface area contributed by atoms with Gasteiger partial charge in [-0.2, -0.15) is 0 Å². The highest BCUT2D eigenvalue weighted by molar-refractivity contribution is 6.59. The molecule has 0 amide bonds. The van der Waals surface area contributed by atoms with Crippen LogP contribution in [0.3, 0.4) is 0 Å². The summed E-state index contributed by atoms with van der Waals surface area (Å²) in [4.78, 5) is 0. The summed E-state index contributed by atoms with van der Waals surface area (Å²) in [6.07, 6.45) is 2.24. The molecule has 5 nitrogen and oxygen atoms in total. The molecule has 0 bridgehead atoms. The maximum atomic E-state index is 5.37. The number of rotatable bonds is 11. The van der Waals surface area contributed by atoms with Crippen molar-refractivity contribution in [2.75, 3.05) is 40.8 Å². The summed E-state index contributed by atoms with van der Waals surface area (Å²) in [5.41, 5.74) is 0. The maximum Gasteiger partial charge on any atom is 0.498 e. The van der Waals surface area contributed by atoms with Gasteiger partial charge < -0.3 is 22.8 Å². The topological polar surface area (TPSA) is 46.2 Å². The van der Waals surface area contributed by atoms with Crippen LogP contribution in [0.5, 0.6) is 0 Å². The van der Waals surface area contributed by atoms with Crippen molar-refractivity contribution >= 4 is 8.80 Å². The molecule has 0 aromatic heterocycles. The third-order valence-corrected chi connectivity index (χ3v) is 4.29. The Balaban J connectivity index is 3.26. The van der Waals surface area contributed by atoms with Gasteiger partial charge in [0, 0.05) is 27.4 Å². The Labute approximate surface area is 99.3 Å². The highest BCUT2D eigenvalue weighted by atomic mass is 28.4. The molecule has 98 valence electrons. The minimum Gasteiger partial charge on any atom is -0.379 e. The SMILES string of the molecule is CCCCOCCOCO[Si](C)(OC)OC. The molecular formula is C10H24O5Si. The van der Waals surface area contributed by atoms with Crippen molar-refractivity contribution in [2.45, 2.75) is 26.3 Å². The molecule has 0 radical (unpaired) electrons. The van der Waals surface area contributed by atoms with Gasteiger partial charge in [0.05, 0.1) is 13.2 Å². The van der Waals surface area contributed by atoms with Crippen molar-refractivity contribution in [1.82, 2.24) is 0 Å². The fourth-order valence-corrected chi connectivity index (χ4v) is 1.57.